The van der Waals surface area contributed by atoms with Crippen molar-refractivity contribution in [2.24, 2.45) is 5.92 Å². The van der Waals surface area contributed by atoms with E-state index in [1.807, 2.05) is 11.8 Å². The molecule has 0 aliphatic carbocycles. The summed E-state index contributed by atoms with van der Waals surface area (Å²) in [6.45, 7) is 2.12. The molecule has 0 spiro atoms. The topological polar surface area (TPSA) is 51.0 Å². The van der Waals surface area contributed by atoms with Crippen LogP contribution >= 0.6 is 11.8 Å². The summed E-state index contributed by atoms with van der Waals surface area (Å²) in [5.74, 6) is 5.51. The lowest BCUT2D eigenvalue weighted by molar-refractivity contribution is 0.347. The first-order chi connectivity index (χ1) is 8.42. The lowest BCUT2D eigenvalue weighted by atomic mass is 9.99. The van der Waals surface area contributed by atoms with E-state index < -0.39 is 0 Å². The van der Waals surface area contributed by atoms with Crippen molar-refractivity contribution in [2.45, 2.75) is 31.6 Å². The van der Waals surface area contributed by atoms with Gasteiger partial charge in [-0.1, -0.05) is 5.16 Å². The molecule has 3 rings (SSSR count). The van der Waals surface area contributed by atoms with Crippen molar-refractivity contribution in [1.29, 1.82) is 0 Å². The summed E-state index contributed by atoms with van der Waals surface area (Å²) >= 11 is 2.04. The number of thioether (sulfide) groups is 1. The summed E-state index contributed by atoms with van der Waals surface area (Å²) in [4.78, 5) is 4.57. The van der Waals surface area contributed by atoms with Crippen molar-refractivity contribution in [3.05, 3.63) is 11.7 Å². The van der Waals surface area contributed by atoms with Crippen LogP contribution in [0.2, 0.25) is 0 Å². The number of rotatable bonds is 3. The molecule has 2 fully saturated rings. The van der Waals surface area contributed by atoms with Crippen LogP contribution in [0.3, 0.4) is 0 Å². The van der Waals surface area contributed by atoms with Gasteiger partial charge in [0.05, 0.1) is 0 Å². The van der Waals surface area contributed by atoms with Gasteiger partial charge in [-0.25, -0.2) is 0 Å². The quantitative estimate of drug-likeness (QED) is 0.890. The third-order valence-electron chi connectivity index (χ3n) is 3.63. The lowest BCUT2D eigenvalue weighted by Crippen LogP contribution is -2.28. The van der Waals surface area contributed by atoms with Crippen molar-refractivity contribution < 1.29 is 4.52 Å². The van der Waals surface area contributed by atoms with E-state index in [0.29, 0.717) is 5.92 Å². The largest absolute Gasteiger partial charge is 0.339 e. The average molecular weight is 253 g/mol. The molecule has 4 nitrogen and oxygen atoms in total. The second kappa shape index (κ2) is 5.40. The minimum Gasteiger partial charge on any atom is -0.339 e. The van der Waals surface area contributed by atoms with Gasteiger partial charge in [0.15, 0.2) is 5.82 Å². The van der Waals surface area contributed by atoms with Crippen molar-refractivity contribution in [1.82, 2.24) is 15.5 Å². The summed E-state index contributed by atoms with van der Waals surface area (Å²) in [5.41, 5.74) is 0. The summed E-state index contributed by atoms with van der Waals surface area (Å²) in [5, 5.41) is 7.54. The van der Waals surface area contributed by atoms with E-state index >= 15 is 0 Å². The second-order valence-corrected chi connectivity index (χ2v) is 6.17. The van der Waals surface area contributed by atoms with Gasteiger partial charge in [0, 0.05) is 18.9 Å². The Hall–Kier alpha value is -0.550. The van der Waals surface area contributed by atoms with E-state index in [1.54, 1.807) is 0 Å². The third kappa shape index (κ3) is 2.83. The lowest BCUT2D eigenvalue weighted by Gasteiger charge is -2.19. The van der Waals surface area contributed by atoms with Crippen LogP contribution in [-0.2, 0) is 6.42 Å². The highest BCUT2D eigenvalue weighted by atomic mass is 32.2. The summed E-state index contributed by atoms with van der Waals surface area (Å²) in [7, 11) is 0. The first-order valence-electron chi connectivity index (χ1n) is 6.53. The Morgan fingerprint density at radius 3 is 3.18 bits per heavy atom. The van der Waals surface area contributed by atoms with E-state index in [2.05, 4.69) is 15.5 Å². The predicted octanol–water partition coefficient (Wildman–Crippen LogP) is 1.83. The molecule has 17 heavy (non-hydrogen) atoms. The minimum atomic E-state index is 0.458. The number of hydrogen-bond donors (Lipinski definition) is 1. The van der Waals surface area contributed by atoms with Gasteiger partial charge in [-0.05, 0) is 43.2 Å². The molecule has 2 aliphatic rings. The number of nitrogens with one attached hydrogen (secondary N) is 1. The van der Waals surface area contributed by atoms with Crippen LogP contribution in [0.25, 0.3) is 0 Å². The van der Waals surface area contributed by atoms with Crippen molar-refractivity contribution in [3.63, 3.8) is 0 Å². The van der Waals surface area contributed by atoms with Crippen LogP contribution in [0, 0.1) is 5.92 Å². The number of aromatic nitrogens is 2. The fraction of sp³-hybridized carbons (Fsp3) is 0.833. The van der Waals surface area contributed by atoms with Crippen LogP contribution in [-0.4, -0.2) is 34.7 Å². The third-order valence-corrected chi connectivity index (χ3v) is 4.86. The number of piperidine rings is 1. The van der Waals surface area contributed by atoms with Crippen LogP contribution in [0.1, 0.15) is 36.9 Å². The zero-order valence-corrected chi connectivity index (χ0v) is 10.8. The Bertz CT molecular complexity index is 356. The maximum Gasteiger partial charge on any atom is 0.226 e. The molecule has 3 heterocycles. The van der Waals surface area contributed by atoms with Gasteiger partial charge in [-0.15, -0.1) is 0 Å². The van der Waals surface area contributed by atoms with Gasteiger partial charge in [0.2, 0.25) is 5.89 Å². The standard InChI is InChI=1S/C12H19N3OS/c1-2-10(7-13-4-1)12-14-11(16-15-12)6-9-3-5-17-8-9/h9-10,13H,1-8H2. The Kier molecular flexibility index (Phi) is 3.66. The Morgan fingerprint density at radius 1 is 1.41 bits per heavy atom. The van der Waals surface area contributed by atoms with Crippen molar-refractivity contribution in [3.8, 4) is 0 Å². The minimum absolute atomic E-state index is 0.458. The molecule has 1 aromatic rings. The molecule has 1 aromatic heterocycles. The smallest absolute Gasteiger partial charge is 0.226 e. The molecular formula is C12H19N3OS. The molecule has 94 valence electrons. The first-order valence-corrected chi connectivity index (χ1v) is 7.68. The van der Waals surface area contributed by atoms with Gasteiger partial charge >= 0.3 is 0 Å². The Morgan fingerprint density at radius 2 is 2.41 bits per heavy atom. The molecule has 2 saturated heterocycles. The van der Waals surface area contributed by atoms with Crippen molar-refractivity contribution in [2.75, 3.05) is 24.6 Å². The fourth-order valence-corrected chi connectivity index (χ4v) is 3.86. The predicted molar refractivity (Wildman–Crippen MR) is 68.3 cm³/mol. The first kappa shape index (κ1) is 11.5. The van der Waals surface area contributed by atoms with E-state index in [4.69, 9.17) is 4.52 Å². The van der Waals surface area contributed by atoms with E-state index in [0.717, 1.165) is 37.1 Å². The Labute approximate surface area is 106 Å². The van der Waals surface area contributed by atoms with Crippen LogP contribution in [0.4, 0.5) is 0 Å². The highest BCUT2D eigenvalue weighted by molar-refractivity contribution is 7.99. The molecular weight excluding hydrogens is 234 g/mol. The molecule has 0 radical (unpaired) electrons. The number of nitrogens with zero attached hydrogens (tertiary/aromatic N) is 2. The average Bonchev–Trinajstić information content (AvgIpc) is 3.02. The van der Waals surface area contributed by atoms with Crippen LogP contribution in [0.15, 0.2) is 4.52 Å². The van der Waals surface area contributed by atoms with Crippen LogP contribution in [0.5, 0.6) is 0 Å². The van der Waals surface area contributed by atoms with Gasteiger partial charge in [0.25, 0.3) is 0 Å². The SMILES string of the molecule is C1CNCC(c2noc(CC3CCSC3)n2)C1. The summed E-state index contributed by atoms with van der Waals surface area (Å²) < 4.78 is 5.38. The van der Waals surface area contributed by atoms with Gasteiger partial charge in [-0.2, -0.15) is 16.7 Å². The monoisotopic (exact) mass is 253 g/mol. The Balaban J connectivity index is 1.60. The normalized spacial score (nSPS) is 29.6. The molecule has 0 amide bonds. The zero-order valence-electron chi connectivity index (χ0n) is 10.0. The number of hydrogen-bond acceptors (Lipinski definition) is 5. The van der Waals surface area contributed by atoms with Gasteiger partial charge in [0.1, 0.15) is 0 Å². The molecule has 5 heteroatoms. The molecule has 0 bridgehead atoms. The second-order valence-electron chi connectivity index (χ2n) is 5.02. The fourth-order valence-electron chi connectivity index (χ4n) is 2.58. The van der Waals surface area contributed by atoms with E-state index in [9.17, 15) is 0 Å². The van der Waals surface area contributed by atoms with E-state index in [-0.39, 0.29) is 0 Å². The highest BCUT2D eigenvalue weighted by Crippen LogP contribution is 2.27. The summed E-state index contributed by atoms with van der Waals surface area (Å²) in [6.07, 6.45) is 4.67. The van der Waals surface area contributed by atoms with Gasteiger partial charge < -0.3 is 9.84 Å². The van der Waals surface area contributed by atoms with Crippen LogP contribution < -0.4 is 5.32 Å². The molecule has 2 atom stereocenters. The molecule has 0 aromatic carbocycles. The zero-order chi connectivity index (χ0) is 11.5. The van der Waals surface area contributed by atoms with E-state index in [1.165, 1.54) is 30.8 Å². The maximum atomic E-state index is 5.38. The summed E-state index contributed by atoms with van der Waals surface area (Å²) in [6, 6.07) is 0. The molecule has 0 saturated carbocycles. The van der Waals surface area contributed by atoms with Crippen molar-refractivity contribution >= 4 is 11.8 Å². The van der Waals surface area contributed by atoms with Gasteiger partial charge in [-0.3, -0.25) is 0 Å². The molecule has 1 N–H and O–H groups in total. The molecule has 2 aliphatic heterocycles. The molecule has 2 unspecified atom stereocenters. The highest BCUT2D eigenvalue weighted by Gasteiger charge is 2.23. The maximum absolute atomic E-state index is 5.38.